The number of carbonyl (C=O) groups excluding carboxylic acids is 1. The van der Waals surface area contributed by atoms with Crippen LogP contribution in [0.25, 0.3) is 0 Å². The number of carbonyl (C=O) groups is 1. The minimum atomic E-state index is -0.0838. The Hall–Kier alpha value is -2.13. The van der Waals surface area contributed by atoms with Crippen LogP contribution >= 0.6 is 0 Å². The van der Waals surface area contributed by atoms with Gasteiger partial charge in [0.15, 0.2) is 0 Å². The summed E-state index contributed by atoms with van der Waals surface area (Å²) >= 11 is 0. The summed E-state index contributed by atoms with van der Waals surface area (Å²) in [4.78, 5) is 12.2. The number of hydrogen-bond acceptors (Lipinski definition) is 2. The minimum Gasteiger partial charge on any atom is -0.287 e. The second-order valence-electron chi connectivity index (χ2n) is 5.90. The summed E-state index contributed by atoms with van der Waals surface area (Å²) in [7, 11) is 0. The lowest BCUT2D eigenvalue weighted by atomic mass is 9.92. The Labute approximate surface area is 131 Å². The monoisotopic (exact) mass is 294 g/mol. The zero-order chi connectivity index (χ0) is 15.2. The normalized spacial score (nSPS) is 16.4. The van der Waals surface area contributed by atoms with E-state index in [2.05, 4.69) is 35.1 Å². The average molecular weight is 294 g/mol. The van der Waals surface area contributed by atoms with Crippen LogP contribution in [0.2, 0.25) is 0 Å². The van der Waals surface area contributed by atoms with Gasteiger partial charge < -0.3 is 0 Å². The third kappa shape index (κ3) is 3.55. The number of amides is 1. The van der Waals surface area contributed by atoms with Crippen LogP contribution in [0.15, 0.2) is 60.7 Å². The van der Waals surface area contributed by atoms with Crippen molar-refractivity contribution in [1.82, 2.24) is 10.9 Å². The fourth-order valence-electron chi connectivity index (χ4n) is 3.23. The summed E-state index contributed by atoms with van der Waals surface area (Å²) in [5.41, 5.74) is 8.08. The Morgan fingerprint density at radius 2 is 1.50 bits per heavy atom. The number of rotatable bonds is 5. The minimum absolute atomic E-state index is 0.0838. The van der Waals surface area contributed by atoms with Crippen LogP contribution in [0.4, 0.5) is 0 Å². The van der Waals surface area contributed by atoms with Crippen LogP contribution < -0.4 is 10.9 Å². The molecule has 2 aromatic carbocycles. The molecule has 1 atom stereocenters. The van der Waals surface area contributed by atoms with Gasteiger partial charge in [0.25, 0.3) is 5.91 Å². The number of nitrogens with one attached hydrogen (secondary N) is 2. The zero-order valence-electron chi connectivity index (χ0n) is 12.7. The van der Waals surface area contributed by atoms with Crippen LogP contribution in [-0.2, 0) is 0 Å². The lowest BCUT2D eigenvalue weighted by molar-refractivity contribution is 0.0917. The highest BCUT2D eigenvalue weighted by molar-refractivity contribution is 5.93. The first kappa shape index (κ1) is 14.8. The molecule has 2 N–H and O–H groups in total. The first-order chi connectivity index (χ1) is 10.8. The maximum absolute atomic E-state index is 12.2. The molecule has 1 aliphatic carbocycles. The van der Waals surface area contributed by atoms with E-state index < -0.39 is 0 Å². The molecule has 0 aliphatic heterocycles. The number of hydrazine groups is 1. The van der Waals surface area contributed by atoms with Crippen LogP contribution in [0.1, 0.15) is 47.6 Å². The van der Waals surface area contributed by atoms with Gasteiger partial charge >= 0.3 is 0 Å². The SMILES string of the molecule is O=C(NNC(c1ccccc1)C1CCCC1)c1ccccc1. The molecule has 3 nitrogen and oxygen atoms in total. The second-order valence-corrected chi connectivity index (χ2v) is 5.90. The molecule has 0 radical (unpaired) electrons. The van der Waals surface area contributed by atoms with Crippen LogP contribution in [0.3, 0.4) is 0 Å². The van der Waals surface area contributed by atoms with E-state index in [9.17, 15) is 4.79 Å². The van der Waals surface area contributed by atoms with E-state index in [1.807, 2.05) is 36.4 Å². The summed E-state index contributed by atoms with van der Waals surface area (Å²) < 4.78 is 0. The van der Waals surface area contributed by atoms with Crippen molar-refractivity contribution in [1.29, 1.82) is 0 Å². The third-order valence-corrected chi connectivity index (χ3v) is 4.41. The molecule has 114 valence electrons. The van der Waals surface area contributed by atoms with Crippen LogP contribution in [0, 0.1) is 5.92 Å². The molecule has 2 aromatic rings. The molecule has 0 bridgehead atoms. The van der Waals surface area contributed by atoms with Gasteiger partial charge in [-0.2, -0.15) is 0 Å². The van der Waals surface area contributed by atoms with Gasteiger partial charge in [0.2, 0.25) is 0 Å². The summed E-state index contributed by atoms with van der Waals surface area (Å²) in [6.45, 7) is 0. The predicted octanol–water partition coefficient (Wildman–Crippen LogP) is 3.85. The molecule has 0 aromatic heterocycles. The Bertz CT molecular complexity index is 591. The van der Waals surface area contributed by atoms with Gasteiger partial charge in [0, 0.05) is 5.56 Å². The first-order valence-corrected chi connectivity index (χ1v) is 8.00. The Morgan fingerprint density at radius 3 is 2.14 bits per heavy atom. The summed E-state index contributed by atoms with van der Waals surface area (Å²) in [6.07, 6.45) is 4.99. The van der Waals surface area contributed by atoms with Crippen LogP contribution in [0.5, 0.6) is 0 Å². The van der Waals surface area contributed by atoms with Crippen molar-refractivity contribution in [3.05, 3.63) is 71.8 Å². The summed E-state index contributed by atoms with van der Waals surface area (Å²) in [5.74, 6) is 0.498. The van der Waals surface area contributed by atoms with Gasteiger partial charge in [-0.05, 0) is 36.5 Å². The van der Waals surface area contributed by atoms with E-state index in [0.29, 0.717) is 11.5 Å². The van der Waals surface area contributed by atoms with E-state index in [1.165, 1.54) is 31.2 Å². The Kier molecular flexibility index (Phi) is 4.86. The molecule has 1 amide bonds. The highest BCUT2D eigenvalue weighted by atomic mass is 16.2. The molecule has 0 spiro atoms. The van der Waals surface area contributed by atoms with Crippen LogP contribution in [-0.4, -0.2) is 5.91 Å². The summed E-state index contributed by atoms with van der Waals surface area (Å²) in [6, 6.07) is 19.9. The maximum atomic E-state index is 12.2. The first-order valence-electron chi connectivity index (χ1n) is 8.00. The molecule has 22 heavy (non-hydrogen) atoms. The summed E-state index contributed by atoms with van der Waals surface area (Å²) in [5, 5.41) is 0. The van der Waals surface area contributed by atoms with Gasteiger partial charge in [0.05, 0.1) is 6.04 Å². The highest BCUT2D eigenvalue weighted by Crippen LogP contribution is 2.35. The molecule has 1 fully saturated rings. The second kappa shape index (κ2) is 7.23. The van der Waals surface area contributed by atoms with E-state index >= 15 is 0 Å². The zero-order valence-corrected chi connectivity index (χ0v) is 12.7. The molecule has 3 rings (SSSR count). The standard InChI is InChI=1S/C19H22N2O/c22-19(17-13-5-2-6-14-17)21-20-18(16-11-7-8-12-16)15-9-3-1-4-10-15/h1-6,9-10,13-14,16,18,20H,7-8,11-12H2,(H,21,22). The average Bonchev–Trinajstić information content (AvgIpc) is 3.11. The molecule has 1 saturated carbocycles. The fourth-order valence-corrected chi connectivity index (χ4v) is 3.23. The molecule has 1 unspecified atom stereocenters. The fraction of sp³-hybridized carbons (Fsp3) is 0.316. The smallest absolute Gasteiger partial charge is 0.265 e. The maximum Gasteiger partial charge on any atom is 0.265 e. The Morgan fingerprint density at radius 1 is 0.909 bits per heavy atom. The third-order valence-electron chi connectivity index (χ3n) is 4.41. The topological polar surface area (TPSA) is 41.1 Å². The van der Waals surface area contributed by atoms with Gasteiger partial charge in [-0.25, -0.2) is 5.43 Å². The van der Waals surface area contributed by atoms with Crippen molar-refractivity contribution in [3.63, 3.8) is 0 Å². The van der Waals surface area contributed by atoms with Crippen molar-refractivity contribution < 1.29 is 4.79 Å². The Balaban J connectivity index is 1.69. The van der Waals surface area contributed by atoms with Gasteiger partial charge in [-0.1, -0.05) is 61.4 Å². The highest BCUT2D eigenvalue weighted by Gasteiger charge is 2.26. The molecule has 0 heterocycles. The van der Waals surface area contributed by atoms with Gasteiger partial charge in [-0.3, -0.25) is 10.2 Å². The molecular formula is C19H22N2O. The van der Waals surface area contributed by atoms with Gasteiger partial charge in [0.1, 0.15) is 0 Å². The predicted molar refractivity (Wildman–Crippen MR) is 88.2 cm³/mol. The van der Waals surface area contributed by atoms with E-state index in [0.717, 1.165) is 0 Å². The quantitative estimate of drug-likeness (QED) is 0.822. The molecular weight excluding hydrogens is 272 g/mol. The number of hydrogen-bond donors (Lipinski definition) is 2. The van der Waals surface area contributed by atoms with E-state index in [1.54, 1.807) is 0 Å². The van der Waals surface area contributed by atoms with Gasteiger partial charge in [-0.15, -0.1) is 0 Å². The van der Waals surface area contributed by atoms with Crippen molar-refractivity contribution >= 4 is 5.91 Å². The van der Waals surface area contributed by atoms with Crippen molar-refractivity contribution in [3.8, 4) is 0 Å². The lowest BCUT2D eigenvalue weighted by Gasteiger charge is -2.25. The largest absolute Gasteiger partial charge is 0.287 e. The van der Waals surface area contributed by atoms with Crippen molar-refractivity contribution in [2.75, 3.05) is 0 Å². The number of benzene rings is 2. The lowest BCUT2D eigenvalue weighted by Crippen LogP contribution is -2.42. The van der Waals surface area contributed by atoms with E-state index in [4.69, 9.17) is 0 Å². The molecule has 1 aliphatic rings. The van der Waals surface area contributed by atoms with Crippen molar-refractivity contribution in [2.45, 2.75) is 31.7 Å². The molecule has 3 heteroatoms. The van der Waals surface area contributed by atoms with E-state index in [-0.39, 0.29) is 11.9 Å². The molecule has 0 saturated heterocycles. The van der Waals surface area contributed by atoms with Crippen molar-refractivity contribution in [2.24, 2.45) is 5.92 Å².